The molecule has 0 saturated heterocycles. The fraction of sp³-hybridized carbons (Fsp3) is 0.636. The molecule has 0 N–H and O–H groups in total. The van der Waals surface area contributed by atoms with Gasteiger partial charge in [0.2, 0.25) is 0 Å². The van der Waals surface area contributed by atoms with Crippen molar-refractivity contribution in [3.05, 3.63) is 0 Å². The minimum Gasteiger partial charge on any atom is -0.458 e. The lowest BCUT2D eigenvalue weighted by atomic mass is 10.1. The molecule has 0 radical (unpaired) electrons. The molecule has 0 aromatic rings. The summed E-state index contributed by atoms with van der Waals surface area (Å²) < 4.78 is 8.99. The Bertz CT molecular complexity index is 277. The van der Waals surface area contributed by atoms with E-state index >= 15 is 0 Å². The van der Waals surface area contributed by atoms with Crippen molar-refractivity contribution in [3.8, 4) is 0 Å². The minimum atomic E-state index is -0.510. The molecule has 6 heteroatoms. The highest BCUT2D eigenvalue weighted by molar-refractivity contribution is 5.84. The Hall–Kier alpha value is -1.72. The molecule has 0 saturated carbocycles. The molecule has 0 spiro atoms. The van der Waals surface area contributed by atoms with E-state index in [0.29, 0.717) is 6.42 Å². The van der Waals surface area contributed by atoms with Crippen LogP contribution in [0.3, 0.4) is 0 Å². The van der Waals surface area contributed by atoms with Crippen LogP contribution in [-0.4, -0.2) is 36.7 Å². The number of rotatable bonds is 8. The zero-order chi connectivity index (χ0) is 13.3. The van der Waals surface area contributed by atoms with Crippen LogP contribution in [0.25, 0.3) is 0 Å². The standard InChI is InChI=1S/C11H16O6/c1-8(12)16-6-10(14)4-3-5-11(15)7-17-9(2)13/h3-7H2,1-2H3. The van der Waals surface area contributed by atoms with Crippen molar-refractivity contribution in [2.75, 3.05) is 13.2 Å². The van der Waals surface area contributed by atoms with Gasteiger partial charge in [-0.2, -0.15) is 0 Å². The highest BCUT2D eigenvalue weighted by Gasteiger charge is 2.08. The smallest absolute Gasteiger partial charge is 0.303 e. The quantitative estimate of drug-likeness (QED) is 0.575. The molecule has 0 aromatic carbocycles. The molecule has 0 aliphatic carbocycles. The van der Waals surface area contributed by atoms with Crippen LogP contribution in [0.2, 0.25) is 0 Å². The fourth-order valence-electron chi connectivity index (χ4n) is 0.991. The Morgan fingerprint density at radius 2 is 1.12 bits per heavy atom. The Labute approximate surface area is 99.3 Å². The van der Waals surface area contributed by atoms with Crippen molar-refractivity contribution in [3.63, 3.8) is 0 Å². The van der Waals surface area contributed by atoms with E-state index < -0.39 is 11.9 Å². The molecule has 0 atom stereocenters. The average Bonchev–Trinajstić information content (AvgIpc) is 2.23. The molecule has 17 heavy (non-hydrogen) atoms. The summed E-state index contributed by atoms with van der Waals surface area (Å²) in [4.78, 5) is 43.0. The lowest BCUT2D eigenvalue weighted by Gasteiger charge is -2.02. The van der Waals surface area contributed by atoms with Crippen LogP contribution in [0, 0.1) is 0 Å². The van der Waals surface area contributed by atoms with Crippen LogP contribution in [0.1, 0.15) is 33.1 Å². The van der Waals surface area contributed by atoms with E-state index in [1.807, 2.05) is 0 Å². The molecule has 0 heterocycles. The molecule has 0 aromatic heterocycles. The maximum Gasteiger partial charge on any atom is 0.303 e. The third-order valence-corrected chi connectivity index (χ3v) is 1.78. The van der Waals surface area contributed by atoms with Gasteiger partial charge in [-0.1, -0.05) is 0 Å². The van der Waals surface area contributed by atoms with Gasteiger partial charge in [0.1, 0.15) is 13.2 Å². The number of ketones is 2. The summed E-state index contributed by atoms with van der Waals surface area (Å²) in [6.45, 7) is 1.92. The number of carbonyl (C=O) groups is 4. The van der Waals surface area contributed by atoms with Gasteiger partial charge < -0.3 is 9.47 Å². The third-order valence-electron chi connectivity index (χ3n) is 1.78. The normalized spacial score (nSPS) is 9.53. The molecule has 0 aliphatic rings. The van der Waals surface area contributed by atoms with Gasteiger partial charge in [-0.05, 0) is 6.42 Å². The maximum atomic E-state index is 11.1. The predicted molar refractivity (Wildman–Crippen MR) is 57.1 cm³/mol. The van der Waals surface area contributed by atoms with Gasteiger partial charge in [-0.15, -0.1) is 0 Å². The summed E-state index contributed by atoms with van der Waals surface area (Å²) in [6, 6.07) is 0. The number of hydrogen-bond acceptors (Lipinski definition) is 6. The van der Waals surface area contributed by atoms with Crippen molar-refractivity contribution in [2.45, 2.75) is 33.1 Å². The van der Waals surface area contributed by atoms with E-state index in [2.05, 4.69) is 9.47 Å². The summed E-state index contributed by atoms with van der Waals surface area (Å²) in [5, 5.41) is 0. The second-order valence-corrected chi connectivity index (χ2v) is 3.49. The molecule has 6 nitrogen and oxygen atoms in total. The summed E-state index contributed by atoms with van der Waals surface area (Å²) in [5.41, 5.74) is 0. The van der Waals surface area contributed by atoms with Gasteiger partial charge in [-0.25, -0.2) is 0 Å². The molecule has 0 unspecified atom stereocenters. The van der Waals surface area contributed by atoms with E-state index in [-0.39, 0.29) is 37.6 Å². The lowest BCUT2D eigenvalue weighted by Crippen LogP contribution is -2.14. The number of ether oxygens (including phenoxy) is 2. The topological polar surface area (TPSA) is 86.7 Å². The number of Topliss-reactive ketones (excluding diaryl/α,β-unsaturated/α-hetero) is 2. The molecular formula is C11H16O6. The molecular weight excluding hydrogens is 228 g/mol. The molecule has 0 fully saturated rings. The first-order valence-electron chi connectivity index (χ1n) is 5.22. The maximum absolute atomic E-state index is 11.1. The Balaban J connectivity index is 3.55. The van der Waals surface area contributed by atoms with Gasteiger partial charge in [0.15, 0.2) is 11.6 Å². The summed E-state index contributed by atoms with van der Waals surface area (Å²) in [5.74, 6) is -1.49. The highest BCUT2D eigenvalue weighted by atomic mass is 16.5. The summed E-state index contributed by atoms with van der Waals surface area (Å²) >= 11 is 0. The first kappa shape index (κ1) is 15.3. The zero-order valence-electron chi connectivity index (χ0n) is 9.99. The second-order valence-electron chi connectivity index (χ2n) is 3.49. The Kier molecular flexibility index (Phi) is 7.58. The van der Waals surface area contributed by atoms with Gasteiger partial charge in [-0.3, -0.25) is 19.2 Å². The SMILES string of the molecule is CC(=O)OCC(=O)CCCC(=O)COC(C)=O. The van der Waals surface area contributed by atoms with Crippen LogP contribution in [0.4, 0.5) is 0 Å². The zero-order valence-corrected chi connectivity index (χ0v) is 9.99. The summed E-state index contributed by atoms with van der Waals surface area (Å²) in [6.07, 6.45) is 0.693. The molecule has 0 amide bonds. The lowest BCUT2D eigenvalue weighted by molar-refractivity contribution is -0.146. The molecule has 0 bridgehead atoms. The number of hydrogen-bond donors (Lipinski definition) is 0. The van der Waals surface area contributed by atoms with E-state index in [4.69, 9.17) is 0 Å². The molecule has 0 rings (SSSR count). The minimum absolute atomic E-state index is 0.166. The molecule has 0 aliphatic heterocycles. The average molecular weight is 244 g/mol. The Morgan fingerprint density at radius 1 is 0.765 bits per heavy atom. The largest absolute Gasteiger partial charge is 0.458 e. The van der Waals surface area contributed by atoms with Crippen molar-refractivity contribution in [1.29, 1.82) is 0 Å². The van der Waals surface area contributed by atoms with Crippen LogP contribution in [-0.2, 0) is 28.7 Å². The van der Waals surface area contributed by atoms with Gasteiger partial charge in [0, 0.05) is 26.7 Å². The van der Waals surface area contributed by atoms with E-state index in [9.17, 15) is 19.2 Å². The first-order chi connectivity index (χ1) is 7.91. The summed E-state index contributed by atoms with van der Waals surface area (Å²) in [7, 11) is 0. The van der Waals surface area contributed by atoms with Crippen molar-refractivity contribution in [2.24, 2.45) is 0 Å². The molecule has 96 valence electrons. The van der Waals surface area contributed by atoms with E-state index in [1.54, 1.807) is 0 Å². The number of carbonyl (C=O) groups excluding carboxylic acids is 4. The van der Waals surface area contributed by atoms with Crippen molar-refractivity contribution >= 4 is 23.5 Å². The van der Waals surface area contributed by atoms with Gasteiger partial charge >= 0.3 is 11.9 Å². The predicted octanol–water partition coefficient (Wildman–Crippen LogP) is 0.421. The van der Waals surface area contributed by atoms with Crippen molar-refractivity contribution < 1.29 is 28.7 Å². The van der Waals surface area contributed by atoms with Crippen LogP contribution in [0.5, 0.6) is 0 Å². The fourth-order valence-corrected chi connectivity index (χ4v) is 0.991. The van der Waals surface area contributed by atoms with Crippen LogP contribution in [0.15, 0.2) is 0 Å². The first-order valence-corrected chi connectivity index (χ1v) is 5.22. The number of esters is 2. The van der Waals surface area contributed by atoms with Crippen molar-refractivity contribution in [1.82, 2.24) is 0 Å². The highest BCUT2D eigenvalue weighted by Crippen LogP contribution is 1.99. The van der Waals surface area contributed by atoms with Gasteiger partial charge in [0.25, 0.3) is 0 Å². The van der Waals surface area contributed by atoms with Crippen LogP contribution < -0.4 is 0 Å². The van der Waals surface area contributed by atoms with Crippen LogP contribution >= 0.6 is 0 Å². The van der Waals surface area contributed by atoms with Gasteiger partial charge in [0.05, 0.1) is 0 Å². The monoisotopic (exact) mass is 244 g/mol. The van der Waals surface area contributed by atoms with E-state index in [1.165, 1.54) is 13.8 Å². The third kappa shape index (κ3) is 10.6. The second kappa shape index (κ2) is 8.43. The van der Waals surface area contributed by atoms with E-state index in [0.717, 1.165) is 0 Å². The Morgan fingerprint density at radius 3 is 1.41 bits per heavy atom.